The Kier molecular flexibility index (Phi) is 3.27. The molecule has 1 aromatic rings. The summed E-state index contributed by atoms with van der Waals surface area (Å²) in [4.78, 5) is 2.70. The molecule has 0 saturated heterocycles. The van der Waals surface area contributed by atoms with E-state index in [1.165, 1.54) is 0 Å². The molecule has 8 heteroatoms. The molecule has 1 rings (SSSR count). The molecule has 0 aliphatic rings. The van der Waals surface area contributed by atoms with Gasteiger partial charge in [-0.2, -0.15) is 13.2 Å². The molecule has 0 aromatic carbocycles. The van der Waals surface area contributed by atoms with E-state index in [0.717, 1.165) is 0 Å². The lowest BCUT2D eigenvalue weighted by molar-refractivity contribution is -0.143. The van der Waals surface area contributed by atoms with Crippen molar-refractivity contribution in [3.05, 3.63) is 27.7 Å². The average Bonchev–Trinajstić information content (AvgIpc) is 2.06. The fourth-order valence-electron chi connectivity index (χ4n) is 0.832. The van der Waals surface area contributed by atoms with E-state index in [1.54, 1.807) is 0 Å². The maximum absolute atomic E-state index is 12.7. The van der Waals surface area contributed by atoms with E-state index in [2.05, 4.69) is 20.9 Å². The summed E-state index contributed by atoms with van der Waals surface area (Å²) in [6, 6.07) is 0.116. The van der Waals surface area contributed by atoms with Crippen LogP contribution in [0.1, 0.15) is 17.7 Å². The van der Waals surface area contributed by atoms with Crippen molar-refractivity contribution in [3.63, 3.8) is 0 Å². The quantitative estimate of drug-likeness (QED) is 0.564. The Bertz CT molecular complexity index is 374. The zero-order valence-corrected chi connectivity index (χ0v) is 8.33. The number of halogens is 7. The van der Waals surface area contributed by atoms with Gasteiger partial charge in [-0.05, 0) is 22.0 Å². The highest BCUT2D eigenvalue weighted by Crippen LogP contribution is 2.34. The van der Waals surface area contributed by atoms with Crippen LogP contribution in [0.2, 0.25) is 0 Å². The number of nitrogens with zero attached hydrogens (tertiary/aromatic N) is 1. The molecule has 1 nitrogen and oxygen atoms in total. The van der Waals surface area contributed by atoms with Gasteiger partial charge < -0.3 is 0 Å². The summed E-state index contributed by atoms with van der Waals surface area (Å²) in [7, 11) is 0. The molecular formula is C7H2BrF6N. The normalized spacial score (nSPS) is 12.3. The Morgan fingerprint density at radius 1 is 1.27 bits per heavy atom. The molecule has 0 N–H and O–H groups in total. The predicted octanol–water partition coefficient (Wildman–Crippen LogP) is 3.94. The van der Waals surface area contributed by atoms with Gasteiger partial charge in [-0.1, -0.05) is 0 Å². The highest BCUT2D eigenvalue weighted by molar-refractivity contribution is 9.10. The lowest BCUT2D eigenvalue weighted by atomic mass is 10.2. The van der Waals surface area contributed by atoms with Crippen LogP contribution in [0.5, 0.6) is 0 Å². The second kappa shape index (κ2) is 3.99. The summed E-state index contributed by atoms with van der Waals surface area (Å²) in [5.41, 5.74) is -2.74. The van der Waals surface area contributed by atoms with Gasteiger partial charge in [0.2, 0.25) is 0 Å². The Hall–Kier alpha value is -0.790. The molecule has 0 aliphatic heterocycles. The Labute approximate surface area is 88.2 Å². The van der Waals surface area contributed by atoms with E-state index < -0.39 is 34.3 Å². The zero-order chi connectivity index (χ0) is 11.8. The topological polar surface area (TPSA) is 12.9 Å². The molecule has 0 aliphatic carbocycles. The highest BCUT2D eigenvalue weighted by Gasteiger charge is 2.37. The molecular weight excluding hydrogens is 292 g/mol. The number of aromatic nitrogens is 1. The monoisotopic (exact) mass is 293 g/mol. The third-order valence-electron chi connectivity index (χ3n) is 1.46. The van der Waals surface area contributed by atoms with Crippen molar-refractivity contribution in [2.24, 2.45) is 0 Å². The Balaban J connectivity index is 3.32. The second-order valence-electron chi connectivity index (χ2n) is 2.50. The van der Waals surface area contributed by atoms with Gasteiger partial charge in [-0.3, -0.25) is 0 Å². The molecule has 15 heavy (non-hydrogen) atoms. The maximum Gasteiger partial charge on any atom is 0.436 e. The first-order valence-corrected chi connectivity index (χ1v) is 4.24. The predicted molar refractivity (Wildman–Crippen MR) is 41.9 cm³/mol. The van der Waals surface area contributed by atoms with E-state index in [-0.39, 0.29) is 6.07 Å². The summed E-state index contributed by atoms with van der Waals surface area (Å²) < 4.78 is 72.4. The van der Waals surface area contributed by atoms with Crippen molar-refractivity contribution in [3.8, 4) is 0 Å². The van der Waals surface area contributed by atoms with Crippen LogP contribution >= 0.6 is 15.9 Å². The molecule has 0 spiro atoms. The summed E-state index contributed by atoms with van der Waals surface area (Å²) in [5, 5.41) is 0. The summed E-state index contributed by atoms with van der Waals surface area (Å²) in [6.07, 6.45) is -8.10. The van der Waals surface area contributed by atoms with Gasteiger partial charge in [0.05, 0.1) is 5.56 Å². The lowest BCUT2D eigenvalue weighted by Crippen LogP contribution is -2.12. The number of rotatable bonds is 1. The van der Waals surface area contributed by atoms with Crippen molar-refractivity contribution in [2.75, 3.05) is 0 Å². The second-order valence-corrected chi connectivity index (χ2v) is 3.25. The van der Waals surface area contributed by atoms with Crippen LogP contribution < -0.4 is 0 Å². The van der Waals surface area contributed by atoms with Crippen LogP contribution in [-0.4, -0.2) is 4.98 Å². The minimum atomic E-state index is -5.01. The van der Waals surface area contributed by atoms with Gasteiger partial charge in [-0.15, -0.1) is 0 Å². The largest absolute Gasteiger partial charge is 0.436 e. The SMILES string of the molecule is Fc1cc(C(F)F)c(Br)nc1C(F)(F)F. The zero-order valence-electron chi connectivity index (χ0n) is 6.75. The molecule has 0 unspecified atom stereocenters. The van der Waals surface area contributed by atoms with E-state index in [4.69, 9.17) is 0 Å². The first-order valence-electron chi connectivity index (χ1n) is 3.44. The van der Waals surface area contributed by atoms with Crippen LogP contribution in [0.15, 0.2) is 10.7 Å². The minimum Gasteiger partial charge on any atom is -0.233 e. The van der Waals surface area contributed by atoms with Crippen LogP contribution in [0.3, 0.4) is 0 Å². The first-order chi connectivity index (χ1) is 6.73. The van der Waals surface area contributed by atoms with Gasteiger partial charge in [0.1, 0.15) is 4.60 Å². The van der Waals surface area contributed by atoms with E-state index >= 15 is 0 Å². The van der Waals surface area contributed by atoms with Crippen molar-refractivity contribution >= 4 is 15.9 Å². The summed E-state index contributed by atoms with van der Waals surface area (Å²) in [6.45, 7) is 0. The van der Waals surface area contributed by atoms with Crippen LogP contribution in [0.25, 0.3) is 0 Å². The first kappa shape index (κ1) is 12.3. The Morgan fingerprint density at radius 2 is 1.80 bits per heavy atom. The van der Waals surface area contributed by atoms with E-state index in [9.17, 15) is 26.3 Å². The standard InChI is InChI=1S/C7H2BrF6N/c8-5-2(6(10)11)1-3(9)4(15-5)7(12,13)14/h1,6H. The van der Waals surface area contributed by atoms with Crippen LogP contribution in [0, 0.1) is 5.82 Å². The third-order valence-corrected chi connectivity index (χ3v) is 2.10. The molecule has 0 bridgehead atoms. The van der Waals surface area contributed by atoms with Gasteiger partial charge in [0.15, 0.2) is 11.5 Å². The third kappa shape index (κ3) is 2.61. The number of alkyl halides is 5. The fourth-order valence-corrected chi connectivity index (χ4v) is 1.30. The van der Waals surface area contributed by atoms with E-state index in [1.807, 2.05) is 0 Å². The van der Waals surface area contributed by atoms with Crippen molar-refractivity contribution in [1.82, 2.24) is 4.98 Å². The Morgan fingerprint density at radius 3 is 2.20 bits per heavy atom. The summed E-state index contributed by atoms with van der Waals surface area (Å²) >= 11 is 2.42. The summed E-state index contributed by atoms with van der Waals surface area (Å²) in [5.74, 6) is -1.82. The lowest BCUT2D eigenvalue weighted by Gasteiger charge is -2.09. The number of pyridine rings is 1. The van der Waals surface area contributed by atoms with Crippen molar-refractivity contribution in [2.45, 2.75) is 12.6 Å². The smallest absolute Gasteiger partial charge is 0.233 e. The molecule has 0 atom stereocenters. The van der Waals surface area contributed by atoms with Crippen LogP contribution in [0.4, 0.5) is 26.3 Å². The van der Waals surface area contributed by atoms with Crippen molar-refractivity contribution < 1.29 is 26.3 Å². The fraction of sp³-hybridized carbons (Fsp3) is 0.286. The molecule has 0 saturated carbocycles. The molecule has 0 amide bonds. The minimum absolute atomic E-state index is 0.116. The van der Waals surface area contributed by atoms with Crippen molar-refractivity contribution in [1.29, 1.82) is 0 Å². The van der Waals surface area contributed by atoms with Crippen LogP contribution in [-0.2, 0) is 6.18 Å². The van der Waals surface area contributed by atoms with Gasteiger partial charge in [0.25, 0.3) is 6.43 Å². The average molecular weight is 294 g/mol. The number of hydrogen-bond acceptors (Lipinski definition) is 1. The van der Waals surface area contributed by atoms with Gasteiger partial charge in [-0.25, -0.2) is 18.2 Å². The molecule has 0 fully saturated rings. The molecule has 1 aromatic heterocycles. The van der Waals surface area contributed by atoms with E-state index in [0.29, 0.717) is 0 Å². The van der Waals surface area contributed by atoms with Gasteiger partial charge in [0, 0.05) is 0 Å². The molecule has 84 valence electrons. The molecule has 0 radical (unpaired) electrons. The van der Waals surface area contributed by atoms with Gasteiger partial charge >= 0.3 is 6.18 Å². The highest BCUT2D eigenvalue weighted by atomic mass is 79.9. The maximum atomic E-state index is 12.7. The number of hydrogen-bond donors (Lipinski definition) is 0. The molecule has 1 heterocycles.